The van der Waals surface area contributed by atoms with E-state index in [4.69, 9.17) is 5.73 Å². The highest BCUT2D eigenvalue weighted by atomic mass is 16.3. The molecule has 1 aliphatic carbocycles. The van der Waals surface area contributed by atoms with Gasteiger partial charge in [0.15, 0.2) is 0 Å². The standard InChI is InChI=1S/C13H19NO/c14-13(11-3-1-2-4-11)9-10-5-7-12(15)8-6-10/h5-8,11,13,15H,1-4,9,14H2. The second-order valence-corrected chi connectivity index (χ2v) is 4.58. The van der Waals surface area contributed by atoms with Crippen LogP contribution >= 0.6 is 0 Å². The van der Waals surface area contributed by atoms with Gasteiger partial charge in [-0.05, 0) is 42.9 Å². The van der Waals surface area contributed by atoms with Gasteiger partial charge in [0.25, 0.3) is 0 Å². The zero-order valence-corrected chi connectivity index (χ0v) is 9.02. The van der Waals surface area contributed by atoms with Crippen LogP contribution in [0.15, 0.2) is 24.3 Å². The first-order valence-electron chi connectivity index (χ1n) is 5.79. The maximum absolute atomic E-state index is 9.17. The third kappa shape index (κ3) is 2.72. The highest BCUT2D eigenvalue weighted by Gasteiger charge is 2.21. The summed E-state index contributed by atoms with van der Waals surface area (Å²) in [7, 11) is 0. The van der Waals surface area contributed by atoms with Crippen molar-refractivity contribution in [2.75, 3.05) is 0 Å². The van der Waals surface area contributed by atoms with Crippen LogP contribution in [0.4, 0.5) is 0 Å². The minimum absolute atomic E-state index is 0.289. The van der Waals surface area contributed by atoms with E-state index < -0.39 is 0 Å². The van der Waals surface area contributed by atoms with E-state index in [-0.39, 0.29) is 6.04 Å². The van der Waals surface area contributed by atoms with Crippen molar-refractivity contribution in [1.29, 1.82) is 0 Å². The number of hydrogen-bond acceptors (Lipinski definition) is 2. The van der Waals surface area contributed by atoms with Gasteiger partial charge in [0.1, 0.15) is 5.75 Å². The number of hydrogen-bond donors (Lipinski definition) is 2. The average molecular weight is 205 g/mol. The van der Waals surface area contributed by atoms with Gasteiger partial charge in [-0.15, -0.1) is 0 Å². The molecule has 0 aliphatic heterocycles. The van der Waals surface area contributed by atoms with E-state index >= 15 is 0 Å². The second kappa shape index (κ2) is 4.67. The molecule has 0 spiro atoms. The van der Waals surface area contributed by atoms with Crippen LogP contribution < -0.4 is 5.73 Å². The molecule has 1 unspecified atom stereocenters. The molecule has 2 heteroatoms. The van der Waals surface area contributed by atoms with E-state index in [1.165, 1.54) is 31.2 Å². The Bertz CT molecular complexity index is 301. The Hall–Kier alpha value is -1.02. The Balaban J connectivity index is 1.92. The highest BCUT2D eigenvalue weighted by Crippen LogP contribution is 2.28. The van der Waals surface area contributed by atoms with Gasteiger partial charge in [-0.1, -0.05) is 25.0 Å². The van der Waals surface area contributed by atoms with Crippen molar-refractivity contribution < 1.29 is 5.11 Å². The first kappa shape index (κ1) is 10.5. The summed E-state index contributed by atoms with van der Waals surface area (Å²) in [5.74, 6) is 1.03. The van der Waals surface area contributed by atoms with Crippen molar-refractivity contribution in [2.24, 2.45) is 11.7 Å². The molecular formula is C13H19NO. The zero-order valence-electron chi connectivity index (χ0n) is 9.02. The van der Waals surface area contributed by atoms with Gasteiger partial charge in [0, 0.05) is 6.04 Å². The van der Waals surface area contributed by atoms with Crippen LogP contribution in [0.2, 0.25) is 0 Å². The van der Waals surface area contributed by atoms with Crippen molar-refractivity contribution >= 4 is 0 Å². The summed E-state index contributed by atoms with van der Waals surface area (Å²) in [6.45, 7) is 0. The predicted molar refractivity (Wildman–Crippen MR) is 61.7 cm³/mol. The molecule has 2 nitrogen and oxygen atoms in total. The van der Waals surface area contributed by atoms with E-state index in [2.05, 4.69) is 0 Å². The summed E-state index contributed by atoms with van der Waals surface area (Å²) in [6, 6.07) is 7.68. The lowest BCUT2D eigenvalue weighted by Gasteiger charge is -2.18. The van der Waals surface area contributed by atoms with E-state index in [1.54, 1.807) is 12.1 Å². The molecule has 1 saturated carbocycles. The van der Waals surface area contributed by atoms with Crippen LogP contribution in [-0.4, -0.2) is 11.1 Å². The average Bonchev–Trinajstić information content (AvgIpc) is 2.74. The van der Waals surface area contributed by atoms with Gasteiger partial charge in [-0.25, -0.2) is 0 Å². The van der Waals surface area contributed by atoms with E-state index in [0.717, 1.165) is 6.42 Å². The number of phenolic OH excluding ortho intramolecular Hbond substituents is 1. The van der Waals surface area contributed by atoms with Crippen LogP contribution in [0.5, 0.6) is 5.75 Å². The topological polar surface area (TPSA) is 46.2 Å². The third-order valence-corrected chi connectivity index (χ3v) is 3.41. The summed E-state index contributed by atoms with van der Waals surface area (Å²) in [4.78, 5) is 0. The van der Waals surface area contributed by atoms with Crippen LogP contribution in [0.1, 0.15) is 31.2 Å². The summed E-state index contributed by atoms with van der Waals surface area (Å²) in [6.07, 6.45) is 6.20. The number of aromatic hydroxyl groups is 1. The van der Waals surface area contributed by atoms with Crippen LogP contribution in [0.3, 0.4) is 0 Å². The lowest BCUT2D eigenvalue weighted by molar-refractivity contribution is 0.428. The zero-order chi connectivity index (χ0) is 10.7. The van der Waals surface area contributed by atoms with Gasteiger partial charge in [0.05, 0.1) is 0 Å². The summed E-state index contributed by atoms with van der Waals surface area (Å²) in [5.41, 5.74) is 7.42. The van der Waals surface area contributed by atoms with E-state index in [0.29, 0.717) is 11.7 Å². The van der Waals surface area contributed by atoms with Crippen molar-refractivity contribution in [2.45, 2.75) is 38.1 Å². The molecule has 0 radical (unpaired) electrons. The summed E-state index contributed by atoms with van der Waals surface area (Å²) in [5, 5.41) is 9.17. The predicted octanol–water partition coefficient (Wildman–Crippen LogP) is 2.45. The van der Waals surface area contributed by atoms with Gasteiger partial charge in [-0.2, -0.15) is 0 Å². The summed E-state index contributed by atoms with van der Waals surface area (Å²) >= 11 is 0. The van der Waals surface area contributed by atoms with E-state index in [1.807, 2.05) is 12.1 Å². The largest absolute Gasteiger partial charge is 0.508 e. The fraction of sp³-hybridized carbons (Fsp3) is 0.538. The van der Waals surface area contributed by atoms with Gasteiger partial charge in [-0.3, -0.25) is 0 Å². The Morgan fingerprint density at radius 2 is 1.80 bits per heavy atom. The molecule has 0 aromatic heterocycles. The van der Waals surface area contributed by atoms with Crippen LogP contribution in [0.25, 0.3) is 0 Å². The first-order valence-corrected chi connectivity index (χ1v) is 5.79. The lowest BCUT2D eigenvalue weighted by atomic mass is 9.93. The summed E-state index contributed by atoms with van der Waals surface area (Å²) < 4.78 is 0. The monoisotopic (exact) mass is 205 g/mol. The molecule has 1 aliphatic rings. The van der Waals surface area contributed by atoms with Crippen LogP contribution in [-0.2, 0) is 6.42 Å². The molecule has 1 aromatic rings. The minimum atomic E-state index is 0.289. The van der Waals surface area contributed by atoms with Crippen molar-refractivity contribution in [3.63, 3.8) is 0 Å². The molecule has 0 amide bonds. The van der Waals surface area contributed by atoms with E-state index in [9.17, 15) is 5.11 Å². The third-order valence-electron chi connectivity index (χ3n) is 3.41. The maximum atomic E-state index is 9.17. The quantitative estimate of drug-likeness (QED) is 0.796. The Morgan fingerprint density at radius 1 is 1.20 bits per heavy atom. The fourth-order valence-corrected chi connectivity index (χ4v) is 2.46. The Labute approximate surface area is 91.1 Å². The molecular weight excluding hydrogens is 186 g/mol. The van der Waals surface area contributed by atoms with Crippen molar-refractivity contribution in [3.8, 4) is 5.75 Å². The number of benzene rings is 1. The smallest absolute Gasteiger partial charge is 0.115 e. The number of nitrogens with two attached hydrogens (primary N) is 1. The Morgan fingerprint density at radius 3 is 2.40 bits per heavy atom. The van der Waals surface area contributed by atoms with Crippen LogP contribution in [0, 0.1) is 5.92 Å². The lowest BCUT2D eigenvalue weighted by Crippen LogP contribution is -2.30. The Kier molecular flexibility index (Phi) is 3.27. The van der Waals surface area contributed by atoms with Crippen molar-refractivity contribution in [1.82, 2.24) is 0 Å². The fourth-order valence-electron chi connectivity index (χ4n) is 2.46. The molecule has 3 N–H and O–H groups in total. The molecule has 0 saturated heterocycles. The number of rotatable bonds is 3. The van der Waals surface area contributed by atoms with Gasteiger partial charge >= 0.3 is 0 Å². The number of phenols is 1. The molecule has 1 fully saturated rings. The molecule has 0 bridgehead atoms. The molecule has 15 heavy (non-hydrogen) atoms. The SMILES string of the molecule is NC(Cc1ccc(O)cc1)C1CCCC1. The normalized spacial score (nSPS) is 19.3. The first-order chi connectivity index (χ1) is 7.25. The minimum Gasteiger partial charge on any atom is -0.508 e. The maximum Gasteiger partial charge on any atom is 0.115 e. The molecule has 0 heterocycles. The molecule has 82 valence electrons. The molecule has 1 atom stereocenters. The van der Waals surface area contributed by atoms with Crippen molar-refractivity contribution in [3.05, 3.63) is 29.8 Å². The van der Waals surface area contributed by atoms with Gasteiger partial charge < -0.3 is 10.8 Å². The molecule has 1 aromatic carbocycles. The molecule has 2 rings (SSSR count). The highest BCUT2D eigenvalue weighted by molar-refractivity contribution is 5.26. The second-order valence-electron chi connectivity index (χ2n) is 4.58. The van der Waals surface area contributed by atoms with Gasteiger partial charge in [0.2, 0.25) is 0 Å².